The molecule has 25 heavy (non-hydrogen) atoms. The van der Waals surface area contributed by atoms with Crippen molar-refractivity contribution in [3.05, 3.63) is 96.6 Å². The van der Waals surface area contributed by atoms with E-state index in [9.17, 15) is 0 Å². The van der Waals surface area contributed by atoms with Gasteiger partial charge < -0.3 is 4.90 Å². The van der Waals surface area contributed by atoms with Gasteiger partial charge in [-0.2, -0.15) is 5.10 Å². The number of rotatable bonds is 4. The lowest BCUT2D eigenvalue weighted by Crippen LogP contribution is -2.42. The predicted molar refractivity (Wildman–Crippen MR) is 105 cm³/mol. The van der Waals surface area contributed by atoms with Crippen LogP contribution in [0.4, 0.5) is 11.4 Å². The Morgan fingerprint density at radius 3 is 1.80 bits per heavy atom. The Morgan fingerprint density at radius 1 is 0.720 bits per heavy atom. The highest BCUT2D eigenvalue weighted by atomic mass is 15.6. The van der Waals surface area contributed by atoms with Crippen LogP contribution in [-0.4, -0.2) is 12.0 Å². The molecule has 0 bridgehead atoms. The van der Waals surface area contributed by atoms with Gasteiger partial charge in [0.15, 0.2) is 5.84 Å². The first-order valence-corrected chi connectivity index (χ1v) is 8.71. The molecule has 124 valence electrons. The molecule has 1 aliphatic heterocycles. The van der Waals surface area contributed by atoms with E-state index < -0.39 is 0 Å². The molecule has 0 saturated carbocycles. The summed E-state index contributed by atoms with van der Waals surface area (Å²) in [6.45, 7) is 2.21. The van der Waals surface area contributed by atoms with E-state index >= 15 is 0 Å². The number of hydrazone groups is 1. The Bertz CT molecular complexity index is 844. The summed E-state index contributed by atoms with van der Waals surface area (Å²) in [5.41, 5.74) is 3.40. The highest BCUT2D eigenvalue weighted by Gasteiger charge is 2.35. The number of hydrogen-bond donors (Lipinski definition) is 0. The van der Waals surface area contributed by atoms with Gasteiger partial charge in [0.2, 0.25) is 0 Å². The minimum Gasteiger partial charge on any atom is -0.302 e. The summed E-state index contributed by atoms with van der Waals surface area (Å²) in [4.78, 5) is 2.34. The van der Waals surface area contributed by atoms with Gasteiger partial charge in [-0.25, -0.2) is 5.01 Å². The third-order valence-corrected chi connectivity index (χ3v) is 4.46. The predicted octanol–water partition coefficient (Wildman–Crippen LogP) is 5.11. The van der Waals surface area contributed by atoms with Crippen molar-refractivity contribution in [2.24, 2.45) is 5.10 Å². The van der Waals surface area contributed by atoms with Gasteiger partial charge in [0, 0.05) is 11.3 Å². The van der Waals surface area contributed by atoms with Crippen LogP contribution >= 0.6 is 0 Å². The molecule has 0 fully saturated rings. The van der Waals surface area contributed by atoms with Crippen LogP contribution in [0.2, 0.25) is 0 Å². The summed E-state index contributed by atoms with van der Waals surface area (Å²) < 4.78 is 0. The van der Waals surface area contributed by atoms with Gasteiger partial charge in [0.25, 0.3) is 0 Å². The van der Waals surface area contributed by atoms with Gasteiger partial charge >= 0.3 is 0 Å². The third-order valence-electron chi connectivity index (χ3n) is 4.46. The van der Waals surface area contributed by atoms with Gasteiger partial charge in [-0.15, -0.1) is 0 Å². The average molecular weight is 327 g/mol. The first-order chi connectivity index (χ1) is 12.4. The van der Waals surface area contributed by atoms with Crippen molar-refractivity contribution >= 4 is 17.2 Å². The fraction of sp³-hybridized carbons (Fsp3) is 0.136. The molecule has 1 unspecified atom stereocenters. The van der Waals surface area contributed by atoms with Gasteiger partial charge in [-0.05, 0) is 30.7 Å². The molecule has 0 aromatic heterocycles. The van der Waals surface area contributed by atoms with Crippen molar-refractivity contribution in [1.82, 2.24) is 0 Å². The average Bonchev–Trinajstić information content (AvgIpc) is 3.09. The van der Waals surface area contributed by atoms with Crippen molar-refractivity contribution < 1.29 is 0 Å². The maximum Gasteiger partial charge on any atom is 0.162 e. The summed E-state index contributed by atoms with van der Waals surface area (Å²) in [5.74, 6) is 0.988. The fourth-order valence-corrected chi connectivity index (χ4v) is 3.30. The lowest BCUT2D eigenvalue weighted by atomic mass is 10.1. The summed E-state index contributed by atoms with van der Waals surface area (Å²) in [5, 5.41) is 7.15. The zero-order valence-corrected chi connectivity index (χ0v) is 14.3. The molecule has 4 rings (SSSR count). The first-order valence-electron chi connectivity index (χ1n) is 8.71. The number of nitrogens with zero attached hydrogens (tertiary/aromatic N) is 3. The number of hydrogen-bond acceptors (Lipinski definition) is 3. The van der Waals surface area contributed by atoms with Crippen molar-refractivity contribution in [2.45, 2.75) is 19.5 Å². The minimum absolute atomic E-state index is 0.153. The Morgan fingerprint density at radius 2 is 1.24 bits per heavy atom. The Kier molecular flexibility index (Phi) is 4.21. The van der Waals surface area contributed by atoms with Gasteiger partial charge in [-0.1, -0.05) is 73.7 Å². The van der Waals surface area contributed by atoms with Gasteiger partial charge in [-0.3, -0.25) is 0 Å². The maximum absolute atomic E-state index is 5.01. The van der Waals surface area contributed by atoms with Crippen LogP contribution in [0.3, 0.4) is 0 Å². The standard InChI is InChI=1S/C22H21N3/c1-2-21-24(19-14-8-4-9-15-19)22(18-12-6-3-7-13-18)23-25(21)20-16-10-5-11-17-20/h3-17,21H,2H2,1H3. The molecule has 0 N–H and O–H groups in total. The molecule has 1 atom stereocenters. The summed E-state index contributed by atoms with van der Waals surface area (Å²) in [6.07, 6.45) is 1.11. The largest absolute Gasteiger partial charge is 0.302 e. The van der Waals surface area contributed by atoms with Crippen molar-refractivity contribution in [1.29, 1.82) is 0 Å². The van der Waals surface area contributed by atoms with Crippen LogP contribution in [0.15, 0.2) is 96.1 Å². The van der Waals surface area contributed by atoms with Crippen molar-refractivity contribution in [2.75, 3.05) is 9.91 Å². The van der Waals surface area contributed by atoms with Crippen LogP contribution in [0.25, 0.3) is 0 Å². The second-order valence-corrected chi connectivity index (χ2v) is 6.06. The molecular weight excluding hydrogens is 306 g/mol. The van der Waals surface area contributed by atoms with Gasteiger partial charge in [0.05, 0.1) is 5.69 Å². The van der Waals surface area contributed by atoms with Crippen LogP contribution < -0.4 is 9.91 Å². The normalized spacial score (nSPS) is 16.8. The van der Waals surface area contributed by atoms with E-state index in [4.69, 9.17) is 5.10 Å². The molecule has 0 spiro atoms. The van der Waals surface area contributed by atoms with Crippen molar-refractivity contribution in [3.8, 4) is 0 Å². The Hall–Kier alpha value is -3.07. The zero-order chi connectivity index (χ0) is 17.1. The van der Waals surface area contributed by atoms with E-state index in [0.717, 1.165) is 29.2 Å². The van der Waals surface area contributed by atoms with E-state index in [2.05, 4.69) is 95.7 Å². The lowest BCUT2D eigenvalue weighted by molar-refractivity contribution is 0.636. The second kappa shape index (κ2) is 6.81. The number of para-hydroxylation sites is 2. The SMILES string of the molecule is CCC1N(c2ccccc2)N=C(c2ccccc2)N1c1ccccc1. The van der Waals surface area contributed by atoms with E-state index in [1.54, 1.807) is 0 Å². The van der Waals surface area contributed by atoms with Gasteiger partial charge in [0.1, 0.15) is 6.17 Å². The van der Waals surface area contributed by atoms with E-state index in [1.165, 1.54) is 0 Å². The highest BCUT2D eigenvalue weighted by Crippen LogP contribution is 2.32. The molecule has 1 heterocycles. The fourth-order valence-electron chi connectivity index (χ4n) is 3.30. The van der Waals surface area contributed by atoms with Crippen LogP contribution in [0.5, 0.6) is 0 Å². The number of anilines is 2. The Balaban J connectivity index is 1.84. The molecule has 0 saturated heterocycles. The minimum atomic E-state index is 0.153. The second-order valence-electron chi connectivity index (χ2n) is 6.06. The number of benzene rings is 3. The van der Waals surface area contributed by atoms with E-state index in [1.807, 2.05) is 12.1 Å². The summed E-state index contributed by atoms with van der Waals surface area (Å²) in [6, 6.07) is 31.3. The molecule has 0 aliphatic carbocycles. The van der Waals surface area contributed by atoms with E-state index in [-0.39, 0.29) is 6.17 Å². The first kappa shape index (κ1) is 15.5. The Labute approximate surface area is 148 Å². The number of amidine groups is 1. The topological polar surface area (TPSA) is 18.8 Å². The van der Waals surface area contributed by atoms with Crippen LogP contribution in [0.1, 0.15) is 18.9 Å². The highest BCUT2D eigenvalue weighted by molar-refractivity contribution is 6.12. The molecule has 3 aromatic rings. The third kappa shape index (κ3) is 2.89. The molecule has 3 heteroatoms. The molecule has 3 nitrogen and oxygen atoms in total. The molecule has 1 aliphatic rings. The van der Waals surface area contributed by atoms with Crippen molar-refractivity contribution in [3.63, 3.8) is 0 Å². The summed E-state index contributed by atoms with van der Waals surface area (Å²) in [7, 11) is 0. The monoisotopic (exact) mass is 327 g/mol. The molecule has 0 radical (unpaired) electrons. The molecular formula is C22H21N3. The quantitative estimate of drug-likeness (QED) is 0.663. The summed E-state index contributed by atoms with van der Waals surface area (Å²) >= 11 is 0. The van der Waals surface area contributed by atoms with Crippen LogP contribution in [-0.2, 0) is 0 Å². The molecule has 3 aromatic carbocycles. The smallest absolute Gasteiger partial charge is 0.162 e. The van der Waals surface area contributed by atoms with Crippen LogP contribution in [0, 0.1) is 0 Å². The molecule has 0 amide bonds. The van der Waals surface area contributed by atoms with E-state index in [0.29, 0.717) is 0 Å². The lowest BCUT2D eigenvalue weighted by Gasteiger charge is -2.31. The zero-order valence-electron chi connectivity index (χ0n) is 14.3. The maximum atomic E-state index is 5.01.